The fourth-order valence-electron chi connectivity index (χ4n) is 4.40. The molecule has 0 aliphatic heterocycles. The first-order valence-electron chi connectivity index (χ1n) is 14.6. The second-order valence-electron chi connectivity index (χ2n) is 11.6. The molecule has 0 fully saturated rings. The second-order valence-corrected chi connectivity index (χ2v) is 17.2. The van der Waals surface area contributed by atoms with Crippen LogP contribution in [0.4, 0.5) is 4.79 Å². The summed E-state index contributed by atoms with van der Waals surface area (Å²) in [5, 5.41) is 11.3. The van der Waals surface area contributed by atoms with E-state index >= 15 is 0 Å². The molecule has 0 bridgehead atoms. The first kappa shape index (κ1) is 30.6. The maximum Gasteiger partial charge on any atom is 0.412 e. The Morgan fingerprint density at radius 2 is 1.61 bits per heavy atom. The molecule has 226 valence electrons. The van der Waals surface area contributed by atoms with Crippen molar-refractivity contribution in [2.24, 2.45) is 0 Å². The molecule has 1 N–H and O–H groups in total. The molecule has 0 aliphatic carbocycles. The highest BCUT2D eigenvalue weighted by atomic mass is 28.3. The van der Waals surface area contributed by atoms with E-state index in [2.05, 4.69) is 40.1 Å². The molecule has 0 aliphatic rings. The van der Waals surface area contributed by atoms with E-state index < -0.39 is 14.2 Å². The van der Waals surface area contributed by atoms with E-state index in [-0.39, 0.29) is 0 Å². The van der Waals surface area contributed by atoms with Crippen LogP contribution in [0.1, 0.15) is 11.1 Å². The lowest BCUT2D eigenvalue weighted by Gasteiger charge is -2.16. The van der Waals surface area contributed by atoms with Gasteiger partial charge in [-0.05, 0) is 41.4 Å². The number of nitrogens with zero attached hydrogens (tertiary/aromatic N) is 4. The van der Waals surface area contributed by atoms with Gasteiger partial charge >= 0.3 is 6.09 Å². The lowest BCUT2D eigenvalue weighted by atomic mass is 10.0. The van der Waals surface area contributed by atoms with Gasteiger partial charge in [0.1, 0.15) is 31.2 Å². The van der Waals surface area contributed by atoms with Crippen LogP contribution in [-0.4, -0.2) is 40.5 Å². The molecule has 2 aromatic heterocycles. The maximum atomic E-state index is 12.6. The number of carbonyl (C=O) groups excluding carboxylic acids is 1. The van der Waals surface area contributed by atoms with Crippen LogP contribution in [-0.2, 0) is 24.6 Å². The minimum atomic E-state index is -1.19. The number of amides is 1. The Bertz CT molecular complexity index is 1660. The summed E-state index contributed by atoms with van der Waals surface area (Å²) in [6, 6.07) is 28.0. The van der Waals surface area contributed by atoms with Crippen molar-refractivity contribution in [1.29, 1.82) is 0 Å². The summed E-state index contributed by atoms with van der Waals surface area (Å²) in [6.07, 6.45) is 4.60. The van der Waals surface area contributed by atoms with Crippen molar-refractivity contribution in [3.63, 3.8) is 0 Å². The zero-order valence-corrected chi connectivity index (χ0v) is 26.3. The van der Waals surface area contributed by atoms with Gasteiger partial charge in [0.05, 0.1) is 0 Å². The number of hydrogen-bond donors (Lipinski definition) is 1. The lowest BCUT2D eigenvalue weighted by Crippen LogP contribution is -2.26. The molecule has 0 atom stereocenters. The third-order valence-corrected chi connectivity index (χ3v) is 8.53. The van der Waals surface area contributed by atoms with Gasteiger partial charge in [-0.1, -0.05) is 80.3 Å². The van der Waals surface area contributed by atoms with Crippen molar-refractivity contribution >= 4 is 14.2 Å². The monoisotopic (exact) mass is 607 g/mol. The summed E-state index contributed by atoms with van der Waals surface area (Å²) >= 11 is 0. The summed E-state index contributed by atoms with van der Waals surface area (Å²) in [5.41, 5.74) is 4.28. The molecule has 0 unspecified atom stereocenters. The number of pyridine rings is 1. The van der Waals surface area contributed by atoms with Crippen molar-refractivity contribution in [3.8, 4) is 34.0 Å². The maximum absolute atomic E-state index is 12.6. The number of benzene rings is 3. The van der Waals surface area contributed by atoms with Gasteiger partial charge in [-0.2, -0.15) is 0 Å². The number of rotatable bonds is 13. The average molecular weight is 608 g/mol. The molecule has 3 aromatic carbocycles. The Balaban J connectivity index is 1.37. The molecule has 0 spiro atoms. The molecule has 5 aromatic rings. The smallest absolute Gasteiger partial charge is 0.412 e. The Kier molecular flexibility index (Phi) is 10.2. The summed E-state index contributed by atoms with van der Waals surface area (Å²) < 4.78 is 19.7. The van der Waals surface area contributed by atoms with E-state index in [0.29, 0.717) is 43.8 Å². The topological polar surface area (TPSA) is 100 Å². The van der Waals surface area contributed by atoms with E-state index in [4.69, 9.17) is 14.2 Å². The Morgan fingerprint density at radius 1 is 0.886 bits per heavy atom. The van der Waals surface area contributed by atoms with Crippen LogP contribution in [0, 0.1) is 0 Å². The normalized spacial score (nSPS) is 11.2. The van der Waals surface area contributed by atoms with Crippen LogP contribution >= 0.6 is 0 Å². The number of ether oxygens (including phenoxy) is 3. The van der Waals surface area contributed by atoms with Crippen molar-refractivity contribution < 1.29 is 19.0 Å². The largest absolute Gasteiger partial charge is 0.488 e. The van der Waals surface area contributed by atoms with Crippen LogP contribution in [0.15, 0.2) is 104 Å². The van der Waals surface area contributed by atoms with Crippen molar-refractivity contribution in [2.75, 3.05) is 6.61 Å². The van der Waals surface area contributed by atoms with Crippen molar-refractivity contribution in [1.82, 2.24) is 25.1 Å². The van der Waals surface area contributed by atoms with Crippen molar-refractivity contribution in [3.05, 3.63) is 115 Å². The zero-order chi connectivity index (χ0) is 30.8. The summed E-state index contributed by atoms with van der Waals surface area (Å²) in [7, 11) is -1.19. The quantitative estimate of drug-likeness (QED) is 0.112. The number of carbonyl (C=O) groups is 1. The molecular formula is C34H37N5O4Si. The van der Waals surface area contributed by atoms with Crippen LogP contribution in [0.5, 0.6) is 11.5 Å². The Morgan fingerprint density at radius 3 is 2.36 bits per heavy atom. The third kappa shape index (κ3) is 8.85. The third-order valence-electron chi connectivity index (χ3n) is 6.83. The van der Waals surface area contributed by atoms with E-state index in [1.165, 1.54) is 0 Å². The molecule has 0 radical (unpaired) electrons. The van der Waals surface area contributed by atoms with Crippen molar-refractivity contribution in [2.45, 2.75) is 45.6 Å². The Hall–Kier alpha value is -4.80. The predicted octanol–water partition coefficient (Wildman–Crippen LogP) is 7.19. The van der Waals surface area contributed by atoms with Crippen LogP contribution in [0.3, 0.4) is 0 Å². The zero-order valence-electron chi connectivity index (χ0n) is 25.3. The van der Waals surface area contributed by atoms with Gasteiger partial charge in [0, 0.05) is 50.3 Å². The van der Waals surface area contributed by atoms with E-state index in [9.17, 15) is 4.79 Å². The molecule has 44 heavy (non-hydrogen) atoms. The van der Waals surface area contributed by atoms with Gasteiger partial charge in [-0.25, -0.2) is 4.79 Å². The minimum Gasteiger partial charge on any atom is -0.488 e. The van der Waals surface area contributed by atoms with Gasteiger partial charge in [-0.15, -0.1) is 10.2 Å². The predicted molar refractivity (Wildman–Crippen MR) is 173 cm³/mol. The summed E-state index contributed by atoms with van der Waals surface area (Å²) in [5.74, 6) is 1.65. The molecule has 1 amide bonds. The van der Waals surface area contributed by atoms with Gasteiger partial charge in [0.2, 0.25) is 0 Å². The first-order chi connectivity index (χ1) is 21.3. The van der Waals surface area contributed by atoms with Gasteiger partial charge in [0.15, 0.2) is 5.82 Å². The molecular weight excluding hydrogens is 570 g/mol. The fraction of sp³-hybridized carbons (Fsp3) is 0.235. The average Bonchev–Trinajstić information content (AvgIpc) is 3.51. The first-order valence-corrected chi connectivity index (χ1v) is 18.3. The van der Waals surface area contributed by atoms with E-state index in [1.807, 2.05) is 71.3 Å². The highest BCUT2D eigenvalue weighted by Crippen LogP contribution is 2.35. The molecule has 9 nitrogen and oxygen atoms in total. The SMILES string of the molecule is C[Si](C)(C)CCOCn1cnnc1-c1cncc(-c2cc(OC(=O)NCc3ccccc3)ccc2OCc2ccccc2)c1. The van der Waals surface area contributed by atoms with Crippen LogP contribution in [0.25, 0.3) is 22.5 Å². The lowest BCUT2D eigenvalue weighted by molar-refractivity contribution is 0.0880. The van der Waals surface area contributed by atoms with Crippen LogP contribution in [0.2, 0.25) is 25.7 Å². The Labute approximate surface area is 258 Å². The highest BCUT2D eigenvalue weighted by molar-refractivity contribution is 6.76. The minimum absolute atomic E-state index is 0.351. The van der Waals surface area contributed by atoms with Gasteiger partial charge in [-0.3, -0.25) is 9.55 Å². The van der Waals surface area contributed by atoms with Gasteiger partial charge in [0.25, 0.3) is 0 Å². The van der Waals surface area contributed by atoms with E-state index in [1.54, 1.807) is 36.9 Å². The molecule has 10 heteroatoms. The molecule has 2 heterocycles. The number of hydrogen-bond acceptors (Lipinski definition) is 7. The fourth-order valence-corrected chi connectivity index (χ4v) is 5.15. The summed E-state index contributed by atoms with van der Waals surface area (Å²) in [4.78, 5) is 17.1. The molecule has 0 saturated carbocycles. The summed E-state index contributed by atoms with van der Waals surface area (Å²) in [6.45, 7) is 8.76. The van der Waals surface area contributed by atoms with E-state index in [0.717, 1.165) is 33.9 Å². The number of aromatic nitrogens is 4. The molecule has 0 saturated heterocycles. The van der Waals surface area contributed by atoms with Gasteiger partial charge < -0.3 is 19.5 Å². The number of nitrogens with one attached hydrogen (secondary N) is 1. The molecule has 5 rings (SSSR count). The second kappa shape index (κ2) is 14.6. The van der Waals surface area contributed by atoms with Crippen LogP contribution < -0.4 is 14.8 Å². The highest BCUT2D eigenvalue weighted by Gasteiger charge is 2.16. The standard InChI is InChI=1S/C34H37N5O4Si/c1-44(2,3)17-16-41-25-39-24-37-38-33(39)29-18-28(21-35-22-29)31-19-30(43-34(40)36-20-26-10-6-4-7-11-26)14-15-32(31)42-23-27-12-8-5-9-13-27/h4-15,18-19,21-22,24H,16-17,20,23,25H2,1-3H3,(H,36,40).